The summed E-state index contributed by atoms with van der Waals surface area (Å²) in [5.41, 5.74) is 5.19. The first-order chi connectivity index (χ1) is 11.0. The van der Waals surface area contributed by atoms with Crippen LogP contribution in [0.25, 0.3) is 0 Å². The number of hydrogen-bond donors (Lipinski definition) is 1. The maximum absolute atomic E-state index is 10.5. The number of aromatic hydroxyl groups is 1. The van der Waals surface area contributed by atoms with Crippen molar-refractivity contribution in [2.45, 2.75) is 66.2 Å². The molecule has 0 spiro atoms. The third kappa shape index (κ3) is 4.01. The van der Waals surface area contributed by atoms with Crippen LogP contribution in [0.15, 0.2) is 42.5 Å². The van der Waals surface area contributed by atoms with Crippen LogP contribution in [0.5, 0.6) is 5.75 Å². The predicted octanol–water partition coefficient (Wildman–Crippen LogP) is 6.57. The summed E-state index contributed by atoms with van der Waals surface area (Å²) in [7, 11) is 0. The summed E-state index contributed by atoms with van der Waals surface area (Å²) in [4.78, 5) is 0. The number of phenolic OH excluding ortho intramolecular Hbond substituents is 1. The van der Waals surface area contributed by atoms with Crippen LogP contribution in [-0.4, -0.2) is 5.11 Å². The van der Waals surface area contributed by atoms with Crippen molar-refractivity contribution in [3.63, 3.8) is 0 Å². The first kappa shape index (κ1) is 18.6. The van der Waals surface area contributed by atoms with Crippen LogP contribution in [0.1, 0.15) is 76.1 Å². The average Bonchev–Trinajstić information content (AvgIpc) is 2.45. The van der Waals surface area contributed by atoms with Crippen LogP contribution in [0.2, 0.25) is 0 Å². The fourth-order valence-corrected chi connectivity index (χ4v) is 4.32. The topological polar surface area (TPSA) is 20.2 Å². The molecule has 1 heteroatoms. The zero-order valence-corrected chi connectivity index (χ0v) is 16.3. The van der Waals surface area contributed by atoms with Crippen molar-refractivity contribution in [3.05, 3.63) is 64.7 Å². The van der Waals surface area contributed by atoms with E-state index in [1.165, 1.54) is 16.7 Å². The van der Waals surface area contributed by atoms with Gasteiger partial charge in [0.05, 0.1) is 0 Å². The SMILES string of the molecule is Cc1c(C(C)(C)CC(C)(C)C)ccc(O)c1C(C)c1ccccc1. The molecule has 130 valence electrons. The van der Waals surface area contributed by atoms with E-state index < -0.39 is 0 Å². The van der Waals surface area contributed by atoms with Crippen LogP contribution < -0.4 is 0 Å². The normalized spacial score (nSPS) is 13.8. The summed E-state index contributed by atoms with van der Waals surface area (Å²) in [6.07, 6.45) is 1.10. The minimum atomic E-state index is 0.0706. The van der Waals surface area contributed by atoms with Crippen LogP contribution in [0.3, 0.4) is 0 Å². The lowest BCUT2D eigenvalue weighted by Gasteiger charge is -2.35. The van der Waals surface area contributed by atoms with Crippen LogP contribution in [0, 0.1) is 12.3 Å². The first-order valence-corrected chi connectivity index (χ1v) is 8.91. The smallest absolute Gasteiger partial charge is 0.119 e. The summed E-state index contributed by atoms with van der Waals surface area (Å²) in [6.45, 7) is 15.8. The first-order valence-electron chi connectivity index (χ1n) is 8.91. The molecule has 0 heterocycles. The molecule has 1 nitrogen and oxygen atoms in total. The van der Waals surface area contributed by atoms with Gasteiger partial charge in [-0.1, -0.05) is 77.9 Å². The van der Waals surface area contributed by atoms with Gasteiger partial charge in [0.2, 0.25) is 0 Å². The highest BCUT2D eigenvalue weighted by Gasteiger charge is 2.30. The van der Waals surface area contributed by atoms with Gasteiger partial charge < -0.3 is 5.11 Å². The van der Waals surface area contributed by atoms with Gasteiger partial charge in [0.25, 0.3) is 0 Å². The van der Waals surface area contributed by atoms with E-state index in [9.17, 15) is 5.11 Å². The Morgan fingerprint density at radius 2 is 1.50 bits per heavy atom. The minimum Gasteiger partial charge on any atom is -0.508 e. The van der Waals surface area contributed by atoms with Crippen molar-refractivity contribution >= 4 is 0 Å². The second kappa shape index (κ2) is 6.63. The predicted molar refractivity (Wildman–Crippen MR) is 104 cm³/mol. The summed E-state index contributed by atoms with van der Waals surface area (Å²) >= 11 is 0. The van der Waals surface area contributed by atoms with Gasteiger partial charge in [-0.25, -0.2) is 0 Å². The lowest BCUT2D eigenvalue weighted by atomic mass is 9.70. The average molecular weight is 325 g/mol. The number of benzene rings is 2. The minimum absolute atomic E-state index is 0.0706. The van der Waals surface area contributed by atoms with Gasteiger partial charge >= 0.3 is 0 Å². The molecule has 2 aromatic rings. The highest BCUT2D eigenvalue weighted by Crippen LogP contribution is 2.42. The van der Waals surface area contributed by atoms with Crippen molar-refractivity contribution in [2.24, 2.45) is 5.41 Å². The molecule has 0 radical (unpaired) electrons. The molecule has 0 aliphatic rings. The Hall–Kier alpha value is -1.76. The molecular weight excluding hydrogens is 292 g/mol. The number of phenols is 1. The van der Waals surface area contributed by atoms with Gasteiger partial charge in [-0.3, -0.25) is 0 Å². The molecule has 0 bridgehead atoms. The zero-order valence-electron chi connectivity index (χ0n) is 16.3. The van der Waals surface area contributed by atoms with E-state index in [-0.39, 0.29) is 16.7 Å². The van der Waals surface area contributed by atoms with E-state index in [1.807, 2.05) is 12.1 Å². The lowest BCUT2D eigenvalue weighted by Crippen LogP contribution is -2.26. The zero-order chi connectivity index (χ0) is 18.1. The van der Waals surface area contributed by atoms with Gasteiger partial charge in [0, 0.05) is 11.5 Å². The highest BCUT2D eigenvalue weighted by molar-refractivity contribution is 5.51. The molecule has 1 atom stereocenters. The van der Waals surface area contributed by atoms with Gasteiger partial charge in [-0.05, 0) is 46.9 Å². The number of hydrogen-bond acceptors (Lipinski definition) is 1. The van der Waals surface area contributed by atoms with Crippen molar-refractivity contribution in [2.75, 3.05) is 0 Å². The Kier molecular flexibility index (Phi) is 5.13. The molecule has 1 unspecified atom stereocenters. The lowest BCUT2D eigenvalue weighted by molar-refractivity contribution is 0.283. The highest BCUT2D eigenvalue weighted by atomic mass is 16.3. The van der Waals surface area contributed by atoms with Crippen molar-refractivity contribution in [1.29, 1.82) is 0 Å². The molecule has 0 aliphatic carbocycles. The standard InChI is InChI=1S/C23H32O/c1-16(18-11-9-8-10-12-18)21-17(2)19(13-14-20(21)24)23(6,7)15-22(3,4)5/h8-14,16,24H,15H2,1-7H3. The summed E-state index contributed by atoms with van der Waals surface area (Å²) < 4.78 is 0. The van der Waals surface area contributed by atoms with Crippen molar-refractivity contribution in [3.8, 4) is 5.75 Å². The van der Waals surface area contributed by atoms with E-state index in [0.29, 0.717) is 5.75 Å². The van der Waals surface area contributed by atoms with Gasteiger partial charge in [-0.15, -0.1) is 0 Å². The molecule has 0 fully saturated rings. The van der Waals surface area contributed by atoms with Gasteiger partial charge in [0.15, 0.2) is 0 Å². The quantitative estimate of drug-likeness (QED) is 0.674. The third-order valence-corrected chi connectivity index (χ3v) is 4.93. The fourth-order valence-electron chi connectivity index (χ4n) is 4.32. The van der Waals surface area contributed by atoms with Crippen LogP contribution in [0.4, 0.5) is 0 Å². The maximum atomic E-state index is 10.5. The van der Waals surface area contributed by atoms with Gasteiger partial charge in [0.1, 0.15) is 5.75 Å². The molecule has 0 aliphatic heterocycles. The van der Waals surface area contributed by atoms with E-state index in [0.717, 1.165) is 12.0 Å². The van der Waals surface area contributed by atoms with Crippen LogP contribution >= 0.6 is 0 Å². The van der Waals surface area contributed by atoms with E-state index >= 15 is 0 Å². The Morgan fingerprint density at radius 1 is 0.917 bits per heavy atom. The molecule has 2 rings (SSSR count). The molecule has 0 saturated carbocycles. The molecule has 0 aromatic heterocycles. The Labute approximate surface area is 147 Å². The molecule has 2 aromatic carbocycles. The Bertz CT molecular complexity index is 690. The van der Waals surface area contributed by atoms with E-state index in [4.69, 9.17) is 0 Å². The largest absolute Gasteiger partial charge is 0.508 e. The van der Waals surface area contributed by atoms with E-state index in [1.54, 1.807) is 0 Å². The summed E-state index contributed by atoms with van der Waals surface area (Å²) in [5.74, 6) is 0.579. The maximum Gasteiger partial charge on any atom is 0.119 e. The second-order valence-corrected chi connectivity index (χ2v) is 8.92. The third-order valence-electron chi connectivity index (χ3n) is 4.93. The molecule has 0 amide bonds. The second-order valence-electron chi connectivity index (χ2n) is 8.92. The number of rotatable bonds is 4. The van der Waals surface area contributed by atoms with E-state index in [2.05, 4.69) is 78.8 Å². The Morgan fingerprint density at radius 3 is 2.04 bits per heavy atom. The van der Waals surface area contributed by atoms with Crippen molar-refractivity contribution in [1.82, 2.24) is 0 Å². The summed E-state index contributed by atoms with van der Waals surface area (Å²) in [5, 5.41) is 10.5. The molecule has 0 saturated heterocycles. The van der Waals surface area contributed by atoms with Gasteiger partial charge in [-0.2, -0.15) is 0 Å². The monoisotopic (exact) mass is 324 g/mol. The van der Waals surface area contributed by atoms with Crippen LogP contribution in [-0.2, 0) is 5.41 Å². The fraction of sp³-hybridized carbons (Fsp3) is 0.478. The van der Waals surface area contributed by atoms with Crippen molar-refractivity contribution < 1.29 is 5.11 Å². The Balaban J connectivity index is 2.52. The molecule has 24 heavy (non-hydrogen) atoms. The summed E-state index contributed by atoms with van der Waals surface area (Å²) in [6, 6.07) is 14.4. The molecule has 1 N–H and O–H groups in total. The molecular formula is C23H32O.